The summed E-state index contributed by atoms with van der Waals surface area (Å²) in [6.07, 6.45) is 0.163. The lowest BCUT2D eigenvalue weighted by atomic mass is 9.98. The number of nitrogens with one attached hydrogen (secondary N) is 1. The van der Waals surface area contributed by atoms with Crippen molar-refractivity contribution < 1.29 is 4.74 Å². The quantitative estimate of drug-likeness (QED) is 0.866. The van der Waals surface area contributed by atoms with Crippen LogP contribution in [0, 0.1) is 0 Å². The Labute approximate surface area is 129 Å². The molecule has 0 amide bonds. The lowest BCUT2D eigenvalue weighted by Gasteiger charge is -2.22. The molecule has 106 valence electrons. The molecule has 0 aromatic heterocycles. The molecule has 1 unspecified atom stereocenters. The van der Waals surface area contributed by atoms with Crippen molar-refractivity contribution in [3.63, 3.8) is 0 Å². The summed E-state index contributed by atoms with van der Waals surface area (Å²) in [4.78, 5) is 0. The summed E-state index contributed by atoms with van der Waals surface area (Å²) in [6.45, 7) is 4.09. The first-order valence-electron chi connectivity index (χ1n) is 6.80. The van der Waals surface area contributed by atoms with Crippen LogP contribution in [0.4, 0.5) is 0 Å². The Morgan fingerprint density at radius 1 is 1.05 bits per heavy atom. The maximum absolute atomic E-state index is 5.93. The standard InChI is InChI=1S/C17H20BrNO/c1-12(2)20-16-10-5-4-9-15(16)17(19-3)13-7-6-8-14(18)11-13/h4-12,17,19H,1-3H3. The molecule has 2 nitrogen and oxygen atoms in total. The second kappa shape index (κ2) is 6.91. The average molecular weight is 334 g/mol. The summed E-state index contributed by atoms with van der Waals surface area (Å²) in [5.41, 5.74) is 2.36. The van der Waals surface area contributed by atoms with Gasteiger partial charge in [0.05, 0.1) is 12.1 Å². The van der Waals surface area contributed by atoms with Crippen LogP contribution in [0.15, 0.2) is 53.0 Å². The molecule has 2 aromatic carbocycles. The zero-order valence-electron chi connectivity index (χ0n) is 12.1. The fraction of sp³-hybridized carbons (Fsp3) is 0.294. The van der Waals surface area contributed by atoms with Gasteiger partial charge in [0, 0.05) is 10.0 Å². The maximum Gasteiger partial charge on any atom is 0.124 e. The molecule has 20 heavy (non-hydrogen) atoms. The first-order valence-corrected chi connectivity index (χ1v) is 7.59. The Morgan fingerprint density at radius 2 is 1.80 bits per heavy atom. The number of hydrogen-bond donors (Lipinski definition) is 1. The number of halogens is 1. The topological polar surface area (TPSA) is 21.3 Å². The van der Waals surface area contributed by atoms with Gasteiger partial charge < -0.3 is 10.1 Å². The minimum absolute atomic E-state index is 0.113. The third kappa shape index (κ3) is 3.62. The van der Waals surface area contributed by atoms with E-state index in [0.717, 1.165) is 15.8 Å². The summed E-state index contributed by atoms with van der Waals surface area (Å²) < 4.78 is 7.01. The monoisotopic (exact) mass is 333 g/mol. The van der Waals surface area contributed by atoms with Crippen molar-refractivity contribution in [1.29, 1.82) is 0 Å². The normalized spacial score (nSPS) is 12.4. The van der Waals surface area contributed by atoms with Crippen LogP contribution >= 0.6 is 15.9 Å². The highest BCUT2D eigenvalue weighted by Gasteiger charge is 2.17. The zero-order valence-corrected chi connectivity index (χ0v) is 13.6. The first kappa shape index (κ1) is 15.1. The number of ether oxygens (including phenoxy) is 1. The van der Waals surface area contributed by atoms with Gasteiger partial charge >= 0.3 is 0 Å². The van der Waals surface area contributed by atoms with E-state index in [-0.39, 0.29) is 12.1 Å². The molecule has 1 N–H and O–H groups in total. The molecule has 3 heteroatoms. The second-order valence-electron chi connectivity index (χ2n) is 4.98. The molecule has 0 fully saturated rings. The van der Waals surface area contributed by atoms with Gasteiger partial charge in [-0.15, -0.1) is 0 Å². The fourth-order valence-corrected chi connectivity index (χ4v) is 2.69. The molecule has 0 aliphatic carbocycles. The van der Waals surface area contributed by atoms with E-state index in [4.69, 9.17) is 4.74 Å². The lowest BCUT2D eigenvalue weighted by Crippen LogP contribution is -2.19. The molecule has 2 rings (SSSR count). The van der Waals surface area contributed by atoms with E-state index < -0.39 is 0 Å². The highest BCUT2D eigenvalue weighted by atomic mass is 79.9. The van der Waals surface area contributed by atoms with Crippen molar-refractivity contribution in [2.24, 2.45) is 0 Å². The van der Waals surface area contributed by atoms with Gasteiger partial charge in [-0.3, -0.25) is 0 Å². The fourth-order valence-electron chi connectivity index (χ4n) is 2.27. The predicted octanol–water partition coefficient (Wildman–Crippen LogP) is 4.55. The van der Waals surface area contributed by atoms with Crippen molar-refractivity contribution in [3.8, 4) is 5.75 Å². The second-order valence-corrected chi connectivity index (χ2v) is 5.90. The summed E-state index contributed by atoms with van der Waals surface area (Å²) >= 11 is 3.53. The van der Waals surface area contributed by atoms with E-state index in [1.54, 1.807) is 0 Å². The van der Waals surface area contributed by atoms with Crippen LogP contribution in [0.2, 0.25) is 0 Å². The van der Waals surface area contributed by atoms with Gasteiger partial charge in [-0.05, 0) is 44.7 Å². The van der Waals surface area contributed by atoms with Gasteiger partial charge in [-0.1, -0.05) is 46.3 Å². The molecule has 0 spiro atoms. The molecule has 0 heterocycles. The van der Waals surface area contributed by atoms with Crippen LogP contribution in [-0.2, 0) is 0 Å². The van der Waals surface area contributed by atoms with Gasteiger partial charge in [-0.25, -0.2) is 0 Å². The number of hydrogen-bond acceptors (Lipinski definition) is 2. The zero-order chi connectivity index (χ0) is 14.5. The minimum Gasteiger partial charge on any atom is -0.491 e. The van der Waals surface area contributed by atoms with Gasteiger partial charge in [0.25, 0.3) is 0 Å². The number of rotatable bonds is 5. The molecule has 0 aliphatic heterocycles. The number of para-hydroxylation sites is 1. The predicted molar refractivity (Wildman–Crippen MR) is 87.3 cm³/mol. The van der Waals surface area contributed by atoms with Gasteiger partial charge in [-0.2, -0.15) is 0 Å². The molecular formula is C17H20BrNO. The molecule has 0 saturated heterocycles. The van der Waals surface area contributed by atoms with Crippen LogP contribution in [0.25, 0.3) is 0 Å². The van der Waals surface area contributed by atoms with Gasteiger partial charge in [0.2, 0.25) is 0 Å². The molecule has 0 saturated carbocycles. The molecule has 0 bridgehead atoms. The van der Waals surface area contributed by atoms with E-state index in [2.05, 4.69) is 45.5 Å². The van der Waals surface area contributed by atoms with E-state index in [0.29, 0.717) is 0 Å². The summed E-state index contributed by atoms with van der Waals surface area (Å²) in [5.74, 6) is 0.932. The van der Waals surface area contributed by atoms with E-state index in [1.807, 2.05) is 45.2 Å². The lowest BCUT2D eigenvalue weighted by molar-refractivity contribution is 0.238. The summed E-state index contributed by atoms with van der Waals surface area (Å²) in [5, 5.41) is 3.37. The molecular weight excluding hydrogens is 314 g/mol. The Balaban J connectivity index is 2.41. The molecule has 0 radical (unpaired) electrons. The van der Waals surface area contributed by atoms with Crippen molar-refractivity contribution in [1.82, 2.24) is 5.32 Å². The minimum atomic E-state index is 0.113. The Morgan fingerprint density at radius 3 is 2.45 bits per heavy atom. The van der Waals surface area contributed by atoms with Gasteiger partial charge in [0.1, 0.15) is 5.75 Å². The van der Waals surface area contributed by atoms with E-state index >= 15 is 0 Å². The van der Waals surface area contributed by atoms with Crippen LogP contribution in [-0.4, -0.2) is 13.2 Å². The van der Waals surface area contributed by atoms with Crippen molar-refractivity contribution in [2.45, 2.75) is 26.0 Å². The maximum atomic E-state index is 5.93. The van der Waals surface area contributed by atoms with Crippen LogP contribution in [0.5, 0.6) is 5.75 Å². The van der Waals surface area contributed by atoms with Crippen molar-refractivity contribution in [2.75, 3.05) is 7.05 Å². The van der Waals surface area contributed by atoms with Crippen molar-refractivity contribution in [3.05, 3.63) is 64.1 Å². The Kier molecular flexibility index (Phi) is 5.21. The average Bonchev–Trinajstić information content (AvgIpc) is 2.41. The largest absolute Gasteiger partial charge is 0.491 e. The van der Waals surface area contributed by atoms with Crippen LogP contribution in [0.3, 0.4) is 0 Å². The highest BCUT2D eigenvalue weighted by Crippen LogP contribution is 2.31. The van der Waals surface area contributed by atoms with Crippen molar-refractivity contribution >= 4 is 15.9 Å². The highest BCUT2D eigenvalue weighted by molar-refractivity contribution is 9.10. The summed E-state index contributed by atoms with van der Waals surface area (Å²) in [7, 11) is 1.97. The first-order chi connectivity index (χ1) is 9.61. The van der Waals surface area contributed by atoms with Crippen LogP contribution < -0.4 is 10.1 Å². The SMILES string of the molecule is CNC(c1cccc(Br)c1)c1ccccc1OC(C)C. The Bertz CT molecular complexity index is 568. The third-order valence-corrected chi connectivity index (χ3v) is 3.56. The molecule has 0 aliphatic rings. The van der Waals surface area contributed by atoms with Crippen LogP contribution in [0.1, 0.15) is 31.0 Å². The smallest absolute Gasteiger partial charge is 0.124 e. The Hall–Kier alpha value is -1.32. The molecule has 1 atom stereocenters. The molecule has 2 aromatic rings. The van der Waals surface area contributed by atoms with E-state index in [1.165, 1.54) is 5.56 Å². The third-order valence-electron chi connectivity index (χ3n) is 3.06. The number of benzene rings is 2. The van der Waals surface area contributed by atoms with E-state index in [9.17, 15) is 0 Å². The van der Waals surface area contributed by atoms with Gasteiger partial charge in [0.15, 0.2) is 0 Å². The summed E-state index contributed by atoms with van der Waals surface area (Å²) in [6, 6.07) is 16.6.